The third kappa shape index (κ3) is 4.17. The molecule has 0 fully saturated rings. The third-order valence-electron chi connectivity index (χ3n) is 5.54. The summed E-state index contributed by atoms with van der Waals surface area (Å²) in [6.45, 7) is 3.23. The van der Waals surface area contributed by atoms with Crippen molar-refractivity contribution in [2.75, 3.05) is 6.61 Å². The summed E-state index contributed by atoms with van der Waals surface area (Å²) in [5.74, 6) is -1.79. The highest BCUT2D eigenvalue weighted by Gasteiger charge is 2.35. The van der Waals surface area contributed by atoms with Gasteiger partial charge in [-0.2, -0.15) is 0 Å². The summed E-state index contributed by atoms with van der Waals surface area (Å²) >= 11 is 0. The second kappa shape index (κ2) is 8.63. The lowest BCUT2D eigenvalue weighted by atomic mass is 10.0. The minimum atomic E-state index is -3.98. The summed E-state index contributed by atoms with van der Waals surface area (Å²) in [4.78, 5) is 37.1. The first kappa shape index (κ1) is 22.4. The molecule has 3 aromatic carbocycles. The lowest BCUT2D eigenvalue weighted by Crippen LogP contribution is -2.31. The summed E-state index contributed by atoms with van der Waals surface area (Å²) in [6.07, 6.45) is 0. The molecule has 0 radical (unpaired) electrons. The number of fused-ring (bicyclic) bond motifs is 2. The molecule has 3 aromatic rings. The molecule has 1 aliphatic heterocycles. The van der Waals surface area contributed by atoms with Crippen LogP contribution in [0.1, 0.15) is 50.4 Å². The number of rotatable bonds is 5. The van der Waals surface area contributed by atoms with Crippen LogP contribution in [0, 0.1) is 6.92 Å². The lowest BCUT2D eigenvalue weighted by molar-refractivity contribution is -0.124. The fourth-order valence-electron chi connectivity index (χ4n) is 3.86. The fraction of sp³-hybridized carbons (Fsp3) is 0.160. The molecule has 1 aliphatic rings. The summed E-state index contributed by atoms with van der Waals surface area (Å²) in [7, 11) is -3.98. The Kier molecular flexibility index (Phi) is 5.86. The topological polar surface area (TPSA) is 107 Å². The molecule has 1 heterocycles. The molecule has 7 nitrogen and oxygen atoms in total. The summed E-state index contributed by atoms with van der Waals surface area (Å²) in [5, 5.41) is 2.77. The number of esters is 1. The molecule has 1 atom stereocenters. The zero-order valence-electron chi connectivity index (χ0n) is 18.0. The second-order valence-electron chi connectivity index (χ2n) is 7.76. The number of ketones is 1. The molecule has 1 unspecified atom stereocenters. The molecule has 168 valence electrons. The maximum absolute atomic E-state index is 13.0. The highest BCUT2D eigenvalue weighted by Crippen LogP contribution is 2.34. The van der Waals surface area contributed by atoms with Crippen molar-refractivity contribution in [3.63, 3.8) is 0 Å². The van der Waals surface area contributed by atoms with Crippen LogP contribution in [0.4, 0.5) is 0 Å². The van der Waals surface area contributed by atoms with Crippen molar-refractivity contribution in [2.24, 2.45) is 0 Å². The van der Waals surface area contributed by atoms with Crippen molar-refractivity contribution in [2.45, 2.75) is 29.7 Å². The van der Waals surface area contributed by atoms with Crippen molar-refractivity contribution in [1.29, 1.82) is 0 Å². The van der Waals surface area contributed by atoms with Crippen LogP contribution < -0.4 is 5.32 Å². The number of hydrogen-bond donors (Lipinski definition) is 1. The molecule has 0 spiro atoms. The zero-order valence-corrected chi connectivity index (χ0v) is 18.8. The van der Waals surface area contributed by atoms with E-state index in [1.807, 2.05) is 38.1 Å². The number of carbonyl (C=O) groups excluding carboxylic acids is 3. The highest BCUT2D eigenvalue weighted by atomic mass is 32.2. The van der Waals surface area contributed by atoms with E-state index in [0.717, 1.165) is 17.2 Å². The molecular weight excluding hydrogens is 442 g/mol. The molecular formula is C25H21NO6S. The first-order chi connectivity index (χ1) is 15.7. The van der Waals surface area contributed by atoms with Crippen molar-refractivity contribution in [3.8, 4) is 0 Å². The van der Waals surface area contributed by atoms with Gasteiger partial charge >= 0.3 is 5.97 Å². The van der Waals surface area contributed by atoms with Gasteiger partial charge in [0.1, 0.15) is 0 Å². The van der Waals surface area contributed by atoms with Crippen molar-refractivity contribution >= 4 is 27.5 Å². The molecule has 0 aliphatic carbocycles. The molecule has 8 heteroatoms. The van der Waals surface area contributed by atoms with E-state index in [4.69, 9.17) is 4.74 Å². The minimum absolute atomic E-state index is 0.00458. The number of aryl methyl sites for hydroxylation is 1. The Hall–Kier alpha value is -3.78. The van der Waals surface area contributed by atoms with Crippen LogP contribution in [0.5, 0.6) is 0 Å². The minimum Gasteiger partial charge on any atom is -0.452 e. The van der Waals surface area contributed by atoms with E-state index in [2.05, 4.69) is 5.32 Å². The first-order valence-corrected chi connectivity index (χ1v) is 11.7. The van der Waals surface area contributed by atoms with E-state index >= 15 is 0 Å². The smallest absolute Gasteiger partial charge is 0.338 e. The largest absolute Gasteiger partial charge is 0.452 e. The Morgan fingerprint density at radius 3 is 2.36 bits per heavy atom. The number of carbonyl (C=O) groups is 3. The van der Waals surface area contributed by atoms with Gasteiger partial charge in [0.05, 0.1) is 21.4 Å². The average Bonchev–Trinajstić information content (AvgIpc) is 2.81. The van der Waals surface area contributed by atoms with E-state index in [-0.39, 0.29) is 32.5 Å². The number of nitrogens with one attached hydrogen (secondary N) is 1. The van der Waals surface area contributed by atoms with Gasteiger partial charge in [-0.05, 0) is 55.3 Å². The SMILES string of the molecule is Cc1ccccc1C(C)NC(=O)COC(=O)c1ccc2c(c1)S(=O)(=O)c1ccccc1C2=O. The van der Waals surface area contributed by atoms with Crippen molar-refractivity contribution in [3.05, 3.63) is 94.5 Å². The Bertz CT molecular complexity index is 1390. The molecule has 0 bridgehead atoms. The Balaban J connectivity index is 1.48. The molecule has 33 heavy (non-hydrogen) atoms. The molecule has 1 N–H and O–H groups in total. The highest BCUT2D eigenvalue weighted by molar-refractivity contribution is 7.91. The number of hydrogen-bond acceptors (Lipinski definition) is 6. The maximum Gasteiger partial charge on any atom is 0.338 e. The number of benzene rings is 3. The van der Waals surface area contributed by atoms with E-state index in [1.165, 1.54) is 30.3 Å². The van der Waals surface area contributed by atoms with E-state index in [1.54, 1.807) is 6.07 Å². The first-order valence-electron chi connectivity index (χ1n) is 10.2. The summed E-state index contributed by atoms with van der Waals surface area (Å²) in [5.41, 5.74) is 2.00. The van der Waals surface area contributed by atoms with Crippen LogP contribution in [-0.2, 0) is 19.4 Å². The summed E-state index contributed by atoms with van der Waals surface area (Å²) < 4.78 is 31.1. The van der Waals surface area contributed by atoms with Gasteiger partial charge in [-0.3, -0.25) is 9.59 Å². The zero-order chi connectivity index (χ0) is 23.8. The molecule has 1 amide bonds. The van der Waals surface area contributed by atoms with Crippen molar-refractivity contribution in [1.82, 2.24) is 5.32 Å². The van der Waals surface area contributed by atoms with Crippen LogP contribution in [0.25, 0.3) is 0 Å². The van der Waals surface area contributed by atoms with Gasteiger partial charge in [-0.25, -0.2) is 13.2 Å². The van der Waals surface area contributed by atoms with Gasteiger partial charge in [0.25, 0.3) is 5.91 Å². The quantitative estimate of drug-likeness (QED) is 0.455. The van der Waals surface area contributed by atoms with E-state index in [9.17, 15) is 22.8 Å². The second-order valence-corrected chi connectivity index (χ2v) is 9.65. The monoisotopic (exact) mass is 463 g/mol. The predicted octanol–water partition coefficient (Wildman–Crippen LogP) is 3.41. The molecule has 0 saturated heterocycles. The predicted molar refractivity (Wildman–Crippen MR) is 120 cm³/mol. The fourth-order valence-corrected chi connectivity index (χ4v) is 5.54. The number of amides is 1. The van der Waals surface area contributed by atoms with E-state index in [0.29, 0.717) is 0 Å². The standard InChI is InChI=1S/C25H21NO6S/c1-15-7-3-4-8-18(15)16(2)26-23(27)14-32-25(29)17-11-12-20-22(13-17)33(30,31)21-10-6-5-9-19(21)24(20)28/h3-13,16H,14H2,1-2H3,(H,26,27). The van der Waals surface area contributed by atoms with Crippen LogP contribution >= 0.6 is 0 Å². The number of ether oxygens (including phenoxy) is 1. The van der Waals surface area contributed by atoms with Gasteiger partial charge < -0.3 is 10.1 Å². The van der Waals surface area contributed by atoms with Crippen LogP contribution in [0.2, 0.25) is 0 Å². The average molecular weight is 464 g/mol. The van der Waals surface area contributed by atoms with Crippen LogP contribution in [-0.4, -0.2) is 32.7 Å². The van der Waals surface area contributed by atoms with Gasteiger partial charge in [-0.15, -0.1) is 0 Å². The van der Waals surface area contributed by atoms with Gasteiger partial charge in [0.2, 0.25) is 9.84 Å². The molecule has 0 saturated carbocycles. The third-order valence-corrected chi connectivity index (χ3v) is 7.39. The van der Waals surface area contributed by atoms with Gasteiger partial charge in [0, 0.05) is 11.1 Å². The van der Waals surface area contributed by atoms with Crippen molar-refractivity contribution < 1.29 is 27.5 Å². The van der Waals surface area contributed by atoms with Crippen LogP contribution in [0.15, 0.2) is 76.5 Å². The maximum atomic E-state index is 13.0. The lowest BCUT2D eigenvalue weighted by Gasteiger charge is -2.19. The Morgan fingerprint density at radius 2 is 1.61 bits per heavy atom. The normalized spacial score (nSPS) is 14.5. The Morgan fingerprint density at radius 1 is 0.939 bits per heavy atom. The number of sulfone groups is 1. The molecule has 0 aromatic heterocycles. The summed E-state index contributed by atoms with van der Waals surface area (Å²) in [6, 6.07) is 17.0. The van der Waals surface area contributed by atoms with Gasteiger partial charge in [-0.1, -0.05) is 36.4 Å². The Labute approximate surface area is 191 Å². The van der Waals surface area contributed by atoms with Crippen LogP contribution in [0.3, 0.4) is 0 Å². The molecule has 4 rings (SSSR count). The van der Waals surface area contributed by atoms with E-state index < -0.39 is 34.1 Å². The van der Waals surface area contributed by atoms with Gasteiger partial charge in [0.15, 0.2) is 12.4 Å².